The van der Waals surface area contributed by atoms with Crippen molar-refractivity contribution in [3.05, 3.63) is 28.0 Å². The van der Waals surface area contributed by atoms with E-state index in [1.165, 1.54) is 4.90 Å². The zero-order valence-electron chi connectivity index (χ0n) is 14.4. The second-order valence-electron chi connectivity index (χ2n) is 7.07. The van der Waals surface area contributed by atoms with E-state index in [9.17, 15) is 14.0 Å². The van der Waals surface area contributed by atoms with Gasteiger partial charge in [-0.1, -0.05) is 23.2 Å². The second kappa shape index (κ2) is 7.87. The van der Waals surface area contributed by atoms with E-state index in [2.05, 4.69) is 4.98 Å². The fourth-order valence-electron chi connectivity index (χ4n) is 2.70. The van der Waals surface area contributed by atoms with E-state index < -0.39 is 23.9 Å². The predicted molar refractivity (Wildman–Crippen MR) is 93.8 cm³/mol. The number of carbonyl (C=O) groups excluding carboxylic acids is 2. The van der Waals surface area contributed by atoms with Crippen LogP contribution in [0.5, 0.6) is 0 Å². The van der Waals surface area contributed by atoms with Gasteiger partial charge in [0.1, 0.15) is 22.1 Å². The molecule has 0 bridgehead atoms. The standard InChI is InChI=1S/C17H21Cl2FN2O3/c1-17(2,3)25-16(24)22-9-11(20)8-12(22)13(23)5-4-10-6-14(18)21-15(19)7-10/h6-7,11-12H,4-5,8-9H2,1-3H3/t11-,12+/m1/s1. The maximum atomic E-state index is 13.8. The highest BCUT2D eigenvalue weighted by atomic mass is 35.5. The van der Waals surface area contributed by atoms with Crippen LogP contribution in [0.4, 0.5) is 9.18 Å². The second-order valence-corrected chi connectivity index (χ2v) is 7.84. The lowest BCUT2D eigenvalue weighted by Crippen LogP contribution is -2.43. The van der Waals surface area contributed by atoms with Crippen LogP contribution in [0.3, 0.4) is 0 Å². The number of halogens is 3. The highest BCUT2D eigenvalue weighted by Gasteiger charge is 2.41. The fraction of sp³-hybridized carbons (Fsp3) is 0.588. The van der Waals surface area contributed by atoms with Crippen LogP contribution >= 0.6 is 23.2 Å². The summed E-state index contributed by atoms with van der Waals surface area (Å²) in [4.78, 5) is 29.8. The molecule has 1 aliphatic heterocycles. The van der Waals surface area contributed by atoms with Crippen LogP contribution in [-0.4, -0.2) is 46.1 Å². The molecule has 138 valence electrons. The molecule has 8 heteroatoms. The van der Waals surface area contributed by atoms with Crippen LogP contribution in [0.1, 0.15) is 39.2 Å². The molecule has 0 N–H and O–H groups in total. The molecule has 2 heterocycles. The van der Waals surface area contributed by atoms with Crippen molar-refractivity contribution in [3.8, 4) is 0 Å². The number of Topliss-reactive ketones (excluding diaryl/α,β-unsaturated/α-hetero) is 1. The number of aromatic nitrogens is 1. The smallest absolute Gasteiger partial charge is 0.411 e. The molecule has 0 aliphatic carbocycles. The van der Waals surface area contributed by atoms with Crippen LogP contribution in [0.25, 0.3) is 0 Å². The fourth-order valence-corrected chi connectivity index (χ4v) is 3.21. The Morgan fingerprint density at radius 1 is 1.32 bits per heavy atom. The summed E-state index contributed by atoms with van der Waals surface area (Å²) in [6.07, 6.45) is -1.37. The van der Waals surface area contributed by atoms with E-state index in [4.69, 9.17) is 27.9 Å². The van der Waals surface area contributed by atoms with Gasteiger partial charge in [-0.05, 0) is 44.9 Å². The Balaban J connectivity index is 2.02. The summed E-state index contributed by atoms with van der Waals surface area (Å²) in [5, 5.41) is 0.491. The third-order valence-electron chi connectivity index (χ3n) is 3.73. The van der Waals surface area contributed by atoms with Gasteiger partial charge in [0.2, 0.25) is 0 Å². The topological polar surface area (TPSA) is 59.5 Å². The van der Waals surface area contributed by atoms with E-state index >= 15 is 0 Å². The first-order chi connectivity index (χ1) is 11.5. The Bertz CT molecular complexity index is 644. The molecule has 0 aromatic carbocycles. The number of hydrogen-bond acceptors (Lipinski definition) is 4. The van der Waals surface area contributed by atoms with Crippen molar-refractivity contribution in [2.75, 3.05) is 6.54 Å². The minimum atomic E-state index is -1.23. The number of pyridine rings is 1. The zero-order valence-corrected chi connectivity index (χ0v) is 15.9. The van der Waals surface area contributed by atoms with Crippen molar-refractivity contribution >= 4 is 35.1 Å². The third kappa shape index (κ3) is 5.82. The molecular weight excluding hydrogens is 370 g/mol. The van der Waals surface area contributed by atoms with Gasteiger partial charge >= 0.3 is 6.09 Å². The van der Waals surface area contributed by atoms with Crippen molar-refractivity contribution in [1.82, 2.24) is 9.88 Å². The van der Waals surface area contributed by atoms with E-state index in [-0.39, 0.29) is 35.5 Å². The van der Waals surface area contributed by atoms with Crippen LogP contribution in [-0.2, 0) is 16.0 Å². The molecule has 2 rings (SSSR count). The molecule has 2 atom stereocenters. The molecule has 1 aromatic rings. The quantitative estimate of drug-likeness (QED) is 0.721. The molecule has 1 fully saturated rings. The molecule has 0 spiro atoms. The van der Waals surface area contributed by atoms with Crippen molar-refractivity contribution in [1.29, 1.82) is 0 Å². The summed E-state index contributed by atoms with van der Waals surface area (Å²) in [5.41, 5.74) is 0.0563. The molecule has 1 amide bonds. The van der Waals surface area contributed by atoms with E-state index in [0.717, 1.165) is 5.56 Å². The lowest BCUT2D eigenvalue weighted by molar-refractivity contribution is -0.123. The Morgan fingerprint density at radius 2 is 1.92 bits per heavy atom. The summed E-state index contributed by atoms with van der Waals surface area (Å²) >= 11 is 11.7. The Kier molecular flexibility index (Phi) is 6.27. The summed E-state index contributed by atoms with van der Waals surface area (Å²) in [6.45, 7) is 5.04. The summed E-state index contributed by atoms with van der Waals surface area (Å²) in [6, 6.07) is 2.44. The lowest BCUT2D eigenvalue weighted by atomic mass is 10.0. The minimum Gasteiger partial charge on any atom is -0.444 e. The summed E-state index contributed by atoms with van der Waals surface area (Å²) in [5.74, 6) is -0.213. The maximum Gasteiger partial charge on any atom is 0.411 e. The number of ketones is 1. The molecule has 0 unspecified atom stereocenters. The number of amides is 1. The van der Waals surface area contributed by atoms with Gasteiger partial charge in [0.15, 0.2) is 5.78 Å². The largest absolute Gasteiger partial charge is 0.444 e. The minimum absolute atomic E-state index is 0.00403. The van der Waals surface area contributed by atoms with Crippen molar-refractivity contribution in [2.45, 2.75) is 57.8 Å². The first-order valence-corrected chi connectivity index (χ1v) is 8.79. The molecule has 1 saturated heterocycles. The number of ether oxygens (including phenoxy) is 1. The number of rotatable bonds is 4. The van der Waals surface area contributed by atoms with Crippen molar-refractivity contribution in [3.63, 3.8) is 0 Å². The number of likely N-dealkylation sites (tertiary alicyclic amines) is 1. The van der Waals surface area contributed by atoms with Gasteiger partial charge in [0, 0.05) is 12.8 Å². The Hall–Kier alpha value is -1.40. The van der Waals surface area contributed by atoms with Gasteiger partial charge in [0.25, 0.3) is 0 Å². The Morgan fingerprint density at radius 3 is 2.48 bits per heavy atom. The molecule has 5 nitrogen and oxygen atoms in total. The zero-order chi connectivity index (χ0) is 18.8. The molecule has 1 aromatic heterocycles. The first-order valence-electron chi connectivity index (χ1n) is 8.03. The van der Waals surface area contributed by atoms with Gasteiger partial charge in [-0.3, -0.25) is 9.69 Å². The Labute approximate surface area is 156 Å². The lowest BCUT2D eigenvalue weighted by Gasteiger charge is -2.27. The van der Waals surface area contributed by atoms with Crippen LogP contribution in [0.15, 0.2) is 12.1 Å². The molecule has 1 aliphatic rings. The highest BCUT2D eigenvalue weighted by Crippen LogP contribution is 2.25. The van der Waals surface area contributed by atoms with Gasteiger partial charge in [-0.2, -0.15) is 0 Å². The van der Waals surface area contributed by atoms with Gasteiger partial charge < -0.3 is 4.74 Å². The van der Waals surface area contributed by atoms with Crippen molar-refractivity contribution in [2.24, 2.45) is 0 Å². The highest BCUT2D eigenvalue weighted by molar-refractivity contribution is 6.32. The summed E-state index contributed by atoms with van der Waals surface area (Å²) in [7, 11) is 0. The average Bonchev–Trinajstić information content (AvgIpc) is 2.84. The number of alkyl halides is 1. The van der Waals surface area contributed by atoms with E-state index in [1.54, 1.807) is 32.9 Å². The molecular formula is C17H21Cl2FN2O3. The van der Waals surface area contributed by atoms with E-state index in [0.29, 0.717) is 6.42 Å². The summed E-state index contributed by atoms with van der Waals surface area (Å²) < 4.78 is 19.1. The van der Waals surface area contributed by atoms with Gasteiger partial charge in [-0.15, -0.1) is 0 Å². The molecule has 25 heavy (non-hydrogen) atoms. The van der Waals surface area contributed by atoms with Gasteiger partial charge in [0.05, 0.1) is 12.6 Å². The first kappa shape index (κ1) is 19.9. The van der Waals surface area contributed by atoms with Crippen LogP contribution in [0, 0.1) is 0 Å². The number of carbonyl (C=O) groups is 2. The third-order valence-corrected chi connectivity index (χ3v) is 4.12. The van der Waals surface area contributed by atoms with Crippen LogP contribution < -0.4 is 0 Å². The predicted octanol–water partition coefficient (Wildman–Crippen LogP) is 4.24. The number of aryl methyl sites for hydroxylation is 1. The normalized spacial score (nSPS) is 20.6. The maximum absolute atomic E-state index is 13.8. The number of nitrogens with zero attached hydrogens (tertiary/aromatic N) is 2. The average molecular weight is 391 g/mol. The van der Waals surface area contributed by atoms with Crippen molar-refractivity contribution < 1.29 is 18.7 Å². The SMILES string of the molecule is CC(C)(C)OC(=O)N1C[C@H](F)C[C@H]1C(=O)CCc1cc(Cl)nc(Cl)c1. The van der Waals surface area contributed by atoms with E-state index in [1.807, 2.05) is 0 Å². The number of hydrogen-bond donors (Lipinski definition) is 0. The van der Waals surface area contributed by atoms with Gasteiger partial charge in [-0.25, -0.2) is 14.2 Å². The molecule has 0 radical (unpaired) electrons. The van der Waals surface area contributed by atoms with Crippen LogP contribution in [0.2, 0.25) is 10.3 Å². The molecule has 0 saturated carbocycles. The monoisotopic (exact) mass is 390 g/mol.